The molecule has 6 heteroatoms. The first kappa shape index (κ1) is 21.0. The van der Waals surface area contributed by atoms with Gasteiger partial charge < -0.3 is 14.5 Å². The van der Waals surface area contributed by atoms with Crippen molar-refractivity contribution in [3.8, 4) is 17.0 Å². The van der Waals surface area contributed by atoms with E-state index in [0.29, 0.717) is 18.8 Å². The van der Waals surface area contributed by atoms with Crippen LogP contribution in [0.5, 0.6) is 5.75 Å². The van der Waals surface area contributed by atoms with Crippen LogP contribution in [0.15, 0.2) is 54.6 Å². The topological polar surface area (TPSA) is 61.5 Å². The van der Waals surface area contributed by atoms with E-state index in [-0.39, 0.29) is 5.91 Å². The molecule has 2 heterocycles. The van der Waals surface area contributed by atoms with Crippen LogP contribution in [0.1, 0.15) is 35.8 Å². The number of anilines is 1. The summed E-state index contributed by atoms with van der Waals surface area (Å²) in [5, 5.41) is 7.28. The fraction of sp³-hybridized carbons (Fsp3) is 0.360. The first-order valence-electron chi connectivity index (χ1n) is 11.0. The number of aromatic nitrogens is 2. The van der Waals surface area contributed by atoms with Gasteiger partial charge in [-0.3, -0.25) is 9.89 Å². The minimum absolute atomic E-state index is 0.00200. The molecule has 0 radical (unpaired) electrons. The standard InChI is InChI=1S/C25H30N4O2/c1-3-4-16-31-22-10-8-20(9-11-22)23-18-24(27-26-23)25(30)29-14-12-28(13-15-29)21-7-5-6-19(2)17-21/h5-11,17-18H,3-4,12-16H2,1-2H3,(H,26,27). The van der Waals surface area contributed by atoms with Crippen molar-refractivity contribution < 1.29 is 9.53 Å². The third-order valence-electron chi connectivity index (χ3n) is 5.66. The molecule has 1 aliphatic rings. The Morgan fingerprint density at radius 3 is 2.55 bits per heavy atom. The number of carbonyl (C=O) groups excluding carboxylic acids is 1. The Morgan fingerprint density at radius 1 is 1.06 bits per heavy atom. The van der Waals surface area contributed by atoms with E-state index in [9.17, 15) is 4.79 Å². The summed E-state index contributed by atoms with van der Waals surface area (Å²) in [7, 11) is 0. The molecule has 2 aromatic carbocycles. The van der Waals surface area contributed by atoms with Gasteiger partial charge in [0.25, 0.3) is 5.91 Å². The first-order valence-corrected chi connectivity index (χ1v) is 11.0. The fourth-order valence-corrected chi connectivity index (χ4v) is 3.80. The minimum Gasteiger partial charge on any atom is -0.494 e. The zero-order chi connectivity index (χ0) is 21.6. The maximum Gasteiger partial charge on any atom is 0.272 e. The van der Waals surface area contributed by atoms with E-state index in [2.05, 4.69) is 53.2 Å². The summed E-state index contributed by atoms with van der Waals surface area (Å²) in [5.41, 5.74) is 4.73. The Hall–Kier alpha value is -3.28. The molecule has 6 nitrogen and oxygen atoms in total. The van der Waals surface area contributed by atoms with Crippen LogP contribution in [-0.2, 0) is 0 Å². The lowest BCUT2D eigenvalue weighted by Crippen LogP contribution is -2.48. The maximum absolute atomic E-state index is 13.0. The van der Waals surface area contributed by atoms with E-state index in [1.165, 1.54) is 11.3 Å². The lowest BCUT2D eigenvalue weighted by Gasteiger charge is -2.36. The predicted octanol–water partition coefficient (Wildman–Crippen LogP) is 4.53. The average molecular weight is 419 g/mol. The van der Waals surface area contributed by atoms with Gasteiger partial charge in [-0.1, -0.05) is 25.5 Å². The second-order valence-corrected chi connectivity index (χ2v) is 8.01. The summed E-state index contributed by atoms with van der Waals surface area (Å²) < 4.78 is 5.71. The van der Waals surface area contributed by atoms with Crippen LogP contribution < -0.4 is 9.64 Å². The summed E-state index contributed by atoms with van der Waals surface area (Å²) in [6.07, 6.45) is 2.16. The van der Waals surface area contributed by atoms with Gasteiger partial charge in [-0.05, 0) is 61.4 Å². The van der Waals surface area contributed by atoms with E-state index in [1.54, 1.807) is 0 Å². The number of H-pyrrole nitrogens is 1. The molecule has 1 aromatic heterocycles. The van der Waals surface area contributed by atoms with Crippen LogP contribution in [0.25, 0.3) is 11.3 Å². The summed E-state index contributed by atoms with van der Waals surface area (Å²) in [4.78, 5) is 17.2. The highest BCUT2D eigenvalue weighted by molar-refractivity contribution is 5.93. The number of benzene rings is 2. The molecule has 1 amide bonds. The Balaban J connectivity index is 1.35. The number of unbranched alkanes of at least 4 members (excludes halogenated alkanes) is 1. The molecule has 0 bridgehead atoms. The molecule has 3 aromatic rings. The van der Waals surface area contributed by atoms with Crippen LogP contribution in [0.2, 0.25) is 0 Å². The van der Waals surface area contributed by atoms with E-state index < -0.39 is 0 Å². The molecule has 162 valence electrons. The van der Waals surface area contributed by atoms with Crippen LogP contribution >= 0.6 is 0 Å². The second kappa shape index (κ2) is 9.69. The van der Waals surface area contributed by atoms with Crippen LogP contribution in [0, 0.1) is 6.92 Å². The number of nitrogens with one attached hydrogen (secondary N) is 1. The lowest BCUT2D eigenvalue weighted by atomic mass is 10.1. The van der Waals surface area contributed by atoms with Gasteiger partial charge in [-0.2, -0.15) is 5.10 Å². The molecule has 0 saturated carbocycles. The number of nitrogens with zero attached hydrogens (tertiary/aromatic N) is 3. The smallest absolute Gasteiger partial charge is 0.272 e. The summed E-state index contributed by atoms with van der Waals surface area (Å²) in [5.74, 6) is 0.859. The number of ether oxygens (including phenoxy) is 1. The number of rotatable bonds is 7. The molecule has 4 rings (SSSR count). The predicted molar refractivity (Wildman–Crippen MR) is 124 cm³/mol. The first-order chi connectivity index (χ1) is 15.1. The highest BCUT2D eigenvalue weighted by Gasteiger charge is 2.24. The summed E-state index contributed by atoms with van der Waals surface area (Å²) in [6.45, 7) is 8.04. The molecular formula is C25H30N4O2. The van der Waals surface area contributed by atoms with E-state index in [1.807, 2.05) is 35.2 Å². The molecule has 1 fully saturated rings. The molecule has 0 atom stereocenters. The quantitative estimate of drug-likeness (QED) is 0.573. The van der Waals surface area contributed by atoms with Gasteiger partial charge >= 0.3 is 0 Å². The number of hydrogen-bond donors (Lipinski definition) is 1. The lowest BCUT2D eigenvalue weighted by molar-refractivity contribution is 0.0741. The Kier molecular flexibility index (Phi) is 6.55. The van der Waals surface area contributed by atoms with Gasteiger partial charge in [0.2, 0.25) is 0 Å². The molecule has 31 heavy (non-hydrogen) atoms. The van der Waals surface area contributed by atoms with E-state index >= 15 is 0 Å². The number of piperazine rings is 1. The van der Waals surface area contributed by atoms with Crippen LogP contribution in [-0.4, -0.2) is 53.8 Å². The van der Waals surface area contributed by atoms with Crippen LogP contribution in [0.4, 0.5) is 5.69 Å². The summed E-state index contributed by atoms with van der Waals surface area (Å²) >= 11 is 0. The van der Waals surface area contributed by atoms with Crippen molar-refractivity contribution in [3.05, 3.63) is 65.9 Å². The number of amides is 1. The monoisotopic (exact) mass is 418 g/mol. The SMILES string of the molecule is CCCCOc1ccc(-c2cc(C(=O)N3CCN(c4cccc(C)c4)CC3)[nH]n2)cc1. The highest BCUT2D eigenvalue weighted by Crippen LogP contribution is 2.23. The van der Waals surface area contributed by atoms with Gasteiger partial charge in [0.05, 0.1) is 12.3 Å². The normalized spacial score (nSPS) is 14.0. The Labute approximate surface area is 183 Å². The summed E-state index contributed by atoms with van der Waals surface area (Å²) in [6, 6.07) is 18.2. The van der Waals surface area contributed by atoms with E-state index in [4.69, 9.17) is 4.74 Å². The van der Waals surface area contributed by atoms with Gasteiger partial charge in [-0.25, -0.2) is 0 Å². The van der Waals surface area contributed by atoms with Gasteiger partial charge in [0, 0.05) is 37.4 Å². The van der Waals surface area contributed by atoms with Gasteiger partial charge in [0.1, 0.15) is 11.4 Å². The fourth-order valence-electron chi connectivity index (χ4n) is 3.80. The third kappa shape index (κ3) is 5.08. The minimum atomic E-state index is 0.00200. The largest absolute Gasteiger partial charge is 0.494 e. The molecule has 1 saturated heterocycles. The molecular weight excluding hydrogens is 388 g/mol. The molecule has 0 aliphatic carbocycles. The molecule has 0 spiro atoms. The van der Waals surface area contributed by atoms with Crippen molar-refractivity contribution in [1.29, 1.82) is 0 Å². The van der Waals surface area contributed by atoms with Crippen molar-refractivity contribution in [2.24, 2.45) is 0 Å². The van der Waals surface area contributed by atoms with Crippen molar-refractivity contribution in [1.82, 2.24) is 15.1 Å². The average Bonchev–Trinajstić information content (AvgIpc) is 3.30. The highest BCUT2D eigenvalue weighted by atomic mass is 16.5. The van der Waals surface area contributed by atoms with Crippen molar-refractivity contribution in [2.75, 3.05) is 37.7 Å². The van der Waals surface area contributed by atoms with Crippen molar-refractivity contribution in [2.45, 2.75) is 26.7 Å². The van der Waals surface area contributed by atoms with Crippen molar-refractivity contribution in [3.63, 3.8) is 0 Å². The number of aromatic amines is 1. The maximum atomic E-state index is 13.0. The number of hydrogen-bond acceptors (Lipinski definition) is 4. The zero-order valence-electron chi connectivity index (χ0n) is 18.3. The molecule has 0 unspecified atom stereocenters. The van der Waals surface area contributed by atoms with Gasteiger partial charge in [-0.15, -0.1) is 0 Å². The Bertz CT molecular complexity index is 1000. The number of carbonyl (C=O) groups is 1. The molecule has 1 aliphatic heterocycles. The number of aryl methyl sites for hydroxylation is 1. The van der Waals surface area contributed by atoms with Crippen molar-refractivity contribution >= 4 is 11.6 Å². The molecule has 1 N–H and O–H groups in total. The van der Waals surface area contributed by atoms with Crippen LogP contribution in [0.3, 0.4) is 0 Å². The second-order valence-electron chi connectivity index (χ2n) is 8.01. The van der Waals surface area contributed by atoms with E-state index in [0.717, 1.165) is 49.5 Å². The van der Waals surface area contributed by atoms with Gasteiger partial charge in [0.15, 0.2) is 0 Å². The zero-order valence-corrected chi connectivity index (χ0v) is 18.3. The third-order valence-corrected chi connectivity index (χ3v) is 5.66. The Morgan fingerprint density at radius 2 is 1.84 bits per heavy atom.